The van der Waals surface area contributed by atoms with Crippen molar-refractivity contribution in [3.05, 3.63) is 57.8 Å². The molecule has 2 unspecified atom stereocenters. The minimum Gasteiger partial charge on any atom is -0.384 e. The van der Waals surface area contributed by atoms with E-state index in [0.29, 0.717) is 5.92 Å². The second-order valence-electron chi connectivity index (χ2n) is 5.45. The maximum absolute atomic E-state index is 11.8. The van der Waals surface area contributed by atoms with Crippen LogP contribution < -0.4 is 5.32 Å². The molecule has 0 saturated heterocycles. The van der Waals surface area contributed by atoms with Crippen LogP contribution in [-0.2, 0) is 4.79 Å². The first kappa shape index (κ1) is 15.7. The van der Waals surface area contributed by atoms with E-state index >= 15 is 0 Å². The second kappa shape index (κ2) is 6.87. The lowest BCUT2D eigenvalue weighted by Crippen LogP contribution is -2.35. The Hall–Kier alpha value is -1.65. The monoisotopic (exact) mass is 303 g/mol. The number of aliphatic hydroxyl groups excluding tert-OH is 1. The van der Waals surface area contributed by atoms with Gasteiger partial charge in [-0.25, -0.2) is 0 Å². The Labute approximate surface area is 129 Å². The average Bonchev–Trinajstić information content (AvgIpc) is 2.98. The zero-order chi connectivity index (χ0) is 15.4. The summed E-state index contributed by atoms with van der Waals surface area (Å²) in [6.45, 7) is 5.78. The van der Waals surface area contributed by atoms with Crippen LogP contribution in [0.15, 0.2) is 41.8 Å². The number of amides is 1. The summed E-state index contributed by atoms with van der Waals surface area (Å²) in [5.41, 5.74) is 2.29. The van der Waals surface area contributed by atoms with Crippen molar-refractivity contribution in [2.24, 2.45) is 0 Å². The third kappa shape index (κ3) is 3.93. The normalized spacial score (nSPS) is 14.0. The Balaban J connectivity index is 2.29. The Bertz CT molecular complexity index is 573. The van der Waals surface area contributed by atoms with E-state index in [1.54, 1.807) is 11.3 Å². The van der Waals surface area contributed by atoms with Crippen LogP contribution in [0.3, 0.4) is 0 Å². The van der Waals surface area contributed by atoms with Crippen molar-refractivity contribution in [2.75, 3.05) is 0 Å². The summed E-state index contributed by atoms with van der Waals surface area (Å²) in [7, 11) is 0. The molecule has 0 bridgehead atoms. The average molecular weight is 303 g/mol. The molecule has 1 aromatic carbocycles. The van der Waals surface area contributed by atoms with Crippen LogP contribution in [0.2, 0.25) is 0 Å². The third-order valence-corrected chi connectivity index (χ3v) is 4.37. The molecule has 21 heavy (non-hydrogen) atoms. The highest BCUT2D eigenvalue weighted by atomic mass is 32.1. The molecule has 0 spiro atoms. The van der Waals surface area contributed by atoms with Gasteiger partial charge in [-0.1, -0.05) is 44.2 Å². The van der Waals surface area contributed by atoms with E-state index in [4.69, 9.17) is 0 Å². The van der Waals surface area contributed by atoms with Crippen molar-refractivity contribution in [2.45, 2.75) is 38.8 Å². The number of hydrogen-bond acceptors (Lipinski definition) is 3. The number of benzene rings is 1. The molecule has 4 heteroatoms. The quantitative estimate of drug-likeness (QED) is 0.888. The Morgan fingerprint density at radius 3 is 2.19 bits per heavy atom. The fourth-order valence-electron chi connectivity index (χ4n) is 2.11. The molecular formula is C17H21NO2S. The summed E-state index contributed by atoms with van der Waals surface area (Å²) in [5.74, 6) is 0.118. The molecule has 1 heterocycles. The molecule has 2 atom stereocenters. The van der Waals surface area contributed by atoms with Gasteiger partial charge in [-0.3, -0.25) is 4.79 Å². The van der Waals surface area contributed by atoms with Crippen molar-refractivity contribution < 1.29 is 9.90 Å². The highest BCUT2D eigenvalue weighted by molar-refractivity contribution is 7.10. The first-order chi connectivity index (χ1) is 9.99. The summed E-state index contributed by atoms with van der Waals surface area (Å²) in [6.07, 6.45) is -1.01. The van der Waals surface area contributed by atoms with Gasteiger partial charge in [-0.05, 0) is 35.4 Å². The Morgan fingerprint density at radius 2 is 1.71 bits per heavy atom. The topological polar surface area (TPSA) is 49.3 Å². The lowest BCUT2D eigenvalue weighted by atomic mass is 9.98. The molecule has 0 saturated carbocycles. The number of carbonyl (C=O) groups excluding carboxylic acids is 1. The molecule has 3 nitrogen and oxygen atoms in total. The Morgan fingerprint density at radius 1 is 1.10 bits per heavy atom. The van der Waals surface area contributed by atoms with Gasteiger partial charge in [0.25, 0.3) is 0 Å². The van der Waals surface area contributed by atoms with Crippen LogP contribution in [-0.4, -0.2) is 17.1 Å². The molecule has 2 rings (SSSR count). The fraction of sp³-hybridized carbons (Fsp3) is 0.353. The first-order valence-electron chi connectivity index (χ1n) is 7.10. The smallest absolute Gasteiger partial charge is 0.249 e. The lowest BCUT2D eigenvalue weighted by Gasteiger charge is -2.20. The molecule has 0 radical (unpaired) electrons. The van der Waals surface area contributed by atoms with E-state index in [0.717, 1.165) is 10.4 Å². The number of rotatable bonds is 5. The standard InChI is InChI=1S/C17H21NO2S/c1-11(2)13-6-8-14(9-7-13)16(15-5-4-10-21-15)18-17(20)12(3)19/h4-12,16,19H,1-3H3,(H,18,20). The highest BCUT2D eigenvalue weighted by Crippen LogP contribution is 2.27. The van der Waals surface area contributed by atoms with E-state index in [2.05, 4.69) is 31.3 Å². The molecule has 0 aliphatic heterocycles. The van der Waals surface area contributed by atoms with E-state index in [-0.39, 0.29) is 11.9 Å². The summed E-state index contributed by atoms with van der Waals surface area (Å²) < 4.78 is 0. The maximum atomic E-state index is 11.8. The van der Waals surface area contributed by atoms with E-state index in [9.17, 15) is 9.90 Å². The van der Waals surface area contributed by atoms with Crippen molar-refractivity contribution in [1.82, 2.24) is 5.32 Å². The van der Waals surface area contributed by atoms with Gasteiger partial charge in [0, 0.05) is 4.88 Å². The van der Waals surface area contributed by atoms with Crippen molar-refractivity contribution in [3.8, 4) is 0 Å². The zero-order valence-corrected chi connectivity index (χ0v) is 13.4. The van der Waals surface area contributed by atoms with Crippen LogP contribution in [0.1, 0.15) is 48.7 Å². The SMILES string of the molecule is CC(O)C(=O)NC(c1ccc(C(C)C)cc1)c1cccs1. The van der Waals surface area contributed by atoms with Crippen LogP contribution in [0.25, 0.3) is 0 Å². The molecule has 0 aliphatic carbocycles. The number of aliphatic hydroxyl groups is 1. The largest absolute Gasteiger partial charge is 0.384 e. The van der Waals surface area contributed by atoms with Gasteiger partial charge >= 0.3 is 0 Å². The minimum atomic E-state index is -1.01. The Kier molecular flexibility index (Phi) is 5.15. The molecule has 1 amide bonds. The van der Waals surface area contributed by atoms with Gasteiger partial charge in [0.1, 0.15) is 6.10 Å². The number of nitrogens with one attached hydrogen (secondary N) is 1. The number of carbonyl (C=O) groups is 1. The molecule has 2 N–H and O–H groups in total. The molecular weight excluding hydrogens is 282 g/mol. The van der Waals surface area contributed by atoms with E-state index < -0.39 is 6.10 Å². The highest BCUT2D eigenvalue weighted by Gasteiger charge is 2.20. The minimum absolute atomic E-state index is 0.215. The summed E-state index contributed by atoms with van der Waals surface area (Å²) in [5, 5.41) is 14.3. The molecule has 0 fully saturated rings. The van der Waals surface area contributed by atoms with Gasteiger partial charge in [0.05, 0.1) is 6.04 Å². The zero-order valence-electron chi connectivity index (χ0n) is 12.5. The van der Waals surface area contributed by atoms with Crippen LogP contribution in [0, 0.1) is 0 Å². The molecule has 0 aliphatic rings. The van der Waals surface area contributed by atoms with Gasteiger partial charge in [-0.15, -0.1) is 11.3 Å². The van der Waals surface area contributed by atoms with Gasteiger partial charge in [0.15, 0.2) is 0 Å². The fourth-order valence-corrected chi connectivity index (χ4v) is 2.91. The summed E-state index contributed by atoms with van der Waals surface area (Å²) >= 11 is 1.59. The predicted molar refractivity (Wildman–Crippen MR) is 86.5 cm³/mol. The maximum Gasteiger partial charge on any atom is 0.249 e. The van der Waals surface area contributed by atoms with Crippen molar-refractivity contribution in [1.29, 1.82) is 0 Å². The van der Waals surface area contributed by atoms with Crippen LogP contribution in [0.5, 0.6) is 0 Å². The second-order valence-corrected chi connectivity index (χ2v) is 6.43. The van der Waals surface area contributed by atoms with E-state index in [1.165, 1.54) is 12.5 Å². The molecule has 1 aromatic heterocycles. The molecule has 2 aromatic rings. The van der Waals surface area contributed by atoms with Crippen LogP contribution in [0.4, 0.5) is 0 Å². The molecule has 112 valence electrons. The summed E-state index contributed by atoms with van der Waals surface area (Å²) in [6, 6.07) is 12.0. The van der Waals surface area contributed by atoms with Gasteiger partial charge in [-0.2, -0.15) is 0 Å². The van der Waals surface area contributed by atoms with Crippen LogP contribution >= 0.6 is 11.3 Å². The summed E-state index contributed by atoms with van der Waals surface area (Å²) in [4.78, 5) is 12.9. The van der Waals surface area contributed by atoms with Gasteiger partial charge in [0.2, 0.25) is 5.91 Å². The first-order valence-corrected chi connectivity index (χ1v) is 7.98. The predicted octanol–water partition coefficient (Wildman–Crippen LogP) is 3.46. The van der Waals surface area contributed by atoms with Crippen molar-refractivity contribution in [3.63, 3.8) is 0 Å². The third-order valence-electron chi connectivity index (χ3n) is 3.43. The number of hydrogen-bond donors (Lipinski definition) is 2. The van der Waals surface area contributed by atoms with Crippen molar-refractivity contribution >= 4 is 17.2 Å². The number of thiophene rings is 1. The van der Waals surface area contributed by atoms with E-state index in [1.807, 2.05) is 29.6 Å². The van der Waals surface area contributed by atoms with Gasteiger partial charge < -0.3 is 10.4 Å². The lowest BCUT2D eigenvalue weighted by molar-refractivity contribution is -0.128.